The second kappa shape index (κ2) is 5.59. The van der Waals surface area contributed by atoms with E-state index in [0.29, 0.717) is 6.04 Å². The minimum atomic E-state index is 0.380. The molecule has 0 spiro atoms. The number of hydrogen-bond donors (Lipinski definition) is 1. The number of benzene rings is 1. The van der Waals surface area contributed by atoms with Gasteiger partial charge in [0.25, 0.3) is 0 Å². The van der Waals surface area contributed by atoms with Crippen molar-refractivity contribution in [3.8, 4) is 17.1 Å². The third-order valence-corrected chi connectivity index (χ3v) is 3.88. The predicted molar refractivity (Wildman–Crippen MR) is 78.8 cm³/mol. The van der Waals surface area contributed by atoms with E-state index in [1.165, 1.54) is 12.0 Å². The van der Waals surface area contributed by atoms with Gasteiger partial charge in [-0.25, -0.2) is 9.97 Å². The smallest absolute Gasteiger partial charge is 0.163 e. The molecule has 1 atom stereocenters. The van der Waals surface area contributed by atoms with Gasteiger partial charge in [-0.05, 0) is 38.4 Å². The van der Waals surface area contributed by atoms with Gasteiger partial charge < -0.3 is 10.1 Å². The molecule has 2 aromatic rings. The van der Waals surface area contributed by atoms with E-state index in [-0.39, 0.29) is 0 Å². The highest BCUT2D eigenvalue weighted by Gasteiger charge is 2.21. The molecule has 4 heteroatoms. The Hall–Kier alpha value is -1.94. The molecule has 0 radical (unpaired) electrons. The second-order valence-electron chi connectivity index (χ2n) is 5.03. The SMILES string of the molecule is CNC1CCCc2nc(-c3ccccc3OC)ncc21. The highest BCUT2D eigenvalue weighted by Crippen LogP contribution is 2.31. The van der Waals surface area contributed by atoms with Crippen LogP contribution in [0.5, 0.6) is 5.75 Å². The maximum atomic E-state index is 5.39. The monoisotopic (exact) mass is 269 g/mol. The summed E-state index contributed by atoms with van der Waals surface area (Å²) in [7, 11) is 3.67. The summed E-state index contributed by atoms with van der Waals surface area (Å²) in [5, 5.41) is 3.34. The standard InChI is InChI=1S/C16H19N3O/c1-17-13-7-5-8-14-12(13)10-18-16(19-14)11-6-3-4-9-15(11)20-2/h3-4,6,9-10,13,17H,5,7-8H2,1-2H3. The number of aromatic nitrogens is 2. The minimum absolute atomic E-state index is 0.380. The Morgan fingerprint density at radius 1 is 1.30 bits per heavy atom. The Bertz CT molecular complexity index is 612. The Balaban J connectivity index is 2.04. The number of rotatable bonds is 3. The fourth-order valence-electron chi connectivity index (χ4n) is 2.81. The van der Waals surface area contributed by atoms with E-state index in [2.05, 4.69) is 10.3 Å². The van der Waals surface area contributed by atoms with Crippen LogP contribution in [-0.2, 0) is 6.42 Å². The molecule has 1 aliphatic rings. The van der Waals surface area contributed by atoms with E-state index >= 15 is 0 Å². The molecule has 1 heterocycles. The Morgan fingerprint density at radius 2 is 2.15 bits per heavy atom. The number of aryl methyl sites for hydroxylation is 1. The maximum absolute atomic E-state index is 5.39. The third-order valence-electron chi connectivity index (χ3n) is 3.88. The van der Waals surface area contributed by atoms with Gasteiger partial charge >= 0.3 is 0 Å². The summed E-state index contributed by atoms with van der Waals surface area (Å²) in [6.07, 6.45) is 5.31. The summed E-state index contributed by atoms with van der Waals surface area (Å²) in [6, 6.07) is 8.26. The lowest BCUT2D eigenvalue weighted by atomic mass is 9.92. The van der Waals surface area contributed by atoms with Gasteiger partial charge in [0, 0.05) is 23.5 Å². The lowest BCUT2D eigenvalue weighted by Crippen LogP contribution is -2.22. The zero-order chi connectivity index (χ0) is 13.9. The summed E-state index contributed by atoms with van der Waals surface area (Å²) < 4.78 is 5.39. The molecule has 1 aromatic carbocycles. The first-order valence-corrected chi connectivity index (χ1v) is 7.00. The molecule has 0 fully saturated rings. The molecule has 0 aliphatic heterocycles. The molecule has 1 aromatic heterocycles. The number of methoxy groups -OCH3 is 1. The number of ether oxygens (including phenoxy) is 1. The summed E-state index contributed by atoms with van der Waals surface area (Å²) >= 11 is 0. The van der Waals surface area contributed by atoms with Crippen LogP contribution in [0.1, 0.15) is 30.1 Å². The van der Waals surface area contributed by atoms with E-state index in [1.54, 1.807) is 7.11 Å². The van der Waals surface area contributed by atoms with E-state index in [1.807, 2.05) is 37.5 Å². The number of nitrogens with one attached hydrogen (secondary N) is 1. The Labute approximate surface area is 119 Å². The first-order chi connectivity index (χ1) is 9.83. The third kappa shape index (κ3) is 2.27. The van der Waals surface area contributed by atoms with Gasteiger partial charge in [-0.15, -0.1) is 0 Å². The van der Waals surface area contributed by atoms with E-state index in [4.69, 9.17) is 9.72 Å². The lowest BCUT2D eigenvalue weighted by molar-refractivity contribution is 0.416. The predicted octanol–water partition coefficient (Wildman–Crippen LogP) is 2.75. The quantitative estimate of drug-likeness (QED) is 0.930. The first kappa shape index (κ1) is 13.1. The summed E-state index contributed by atoms with van der Waals surface area (Å²) in [6.45, 7) is 0. The van der Waals surface area contributed by atoms with Crippen LogP contribution in [0.3, 0.4) is 0 Å². The molecule has 1 aliphatic carbocycles. The Kier molecular flexibility index (Phi) is 3.65. The van der Waals surface area contributed by atoms with Crippen molar-refractivity contribution >= 4 is 0 Å². The fourth-order valence-corrected chi connectivity index (χ4v) is 2.81. The van der Waals surface area contributed by atoms with E-state index in [9.17, 15) is 0 Å². The van der Waals surface area contributed by atoms with Gasteiger partial charge in [-0.1, -0.05) is 12.1 Å². The zero-order valence-electron chi connectivity index (χ0n) is 11.9. The van der Waals surface area contributed by atoms with Crippen LogP contribution in [-0.4, -0.2) is 24.1 Å². The van der Waals surface area contributed by atoms with Crippen molar-refractivity contribution in [1.82, 2.24) is 15.3 Å². The highest BCUT2D eigenvalue weighted by atomic mass is 16.5. The molecule has 20 heavy (non-hydrogen) atoms. The minimum Gasteiger partial charge on any atom is -0.496 e. The van der Waals surface area contributed by atoms with E-state index in [0.717, 1.165) is 35.7 Å². The number of nitrogens with zero attached hydrogens (tertiary/aromatic N) is 2. The molecule has 0 amide bonds. The normalized spacial score (nSPS) is 17.6. The number of fused-ring (bicyclic) bond motifs is 1. The zero-order valence-corrected chi connectivity index (χ0v) is 11.9. The largest absolute Gasteiger partial charge is 0.496 e. The van der Waals surface area contributed by atoms with Crippen molar-refractivity contribution in [3.63, 3.8) is 0 Å². The van der Waals surface area contributed by atoms with Crippen molar-refractivity contribution in [2.24, 2.45) is 0 Å². The van der Waals surface area contributed by atoms with Crippen LogP contribution in [0.15, 0.2) is 30.5 Å². The van der Waals surface area contributed by atoms with Crippen LogP contribution >= 0.6 is 0 Å². The van der Waals surface area contributed by atoms with Gasteiger partial charge in [-0.3, -0.25) is 0 Å². The first-order valence-electron chi connectivity index (χ1n) is 7.00. The molecule has 3 rings (SSSR count). The van der Waals surface area contributed by atoms with Crippen LogP contribution in [0, 0.1) is 0 Å². The van der Waals surface area contributed by atoms with Crippen LogP contribution in [0.2, 0.25) is 0 Å². The molecular weight excluding hydrogens is 250 g/mol. The topological polar surface area (TPSA) is 47.0 Å². The van der Waals surface area contributed by atoms with Crippen molar-refractivity contribution in [2.45, 2.75) is 25.3 Å². The van der Waals surface area contributed by atoms with E-state index < -0.39 is 0 Å². The van der Waals surface area contributed by atoms with Gasteiger partial charge in [0.05, 0.1) is 12.7 Å². The summed E-state index contributed by atoms with van der Waals surface area (Å²) in [5.74, 6) is 1.56. The summed E-state index contributed by atoms with van der Waals surface area (Å²) in [4.78, 5) is 9.30. The Morgan fingerprint density at radius 3 is 2.95 bits per heavy atom. The average molecular weight is 269 g/mol. The summed E-state index contributed by atoms with van der Waals surface area (Å²) in [5.41, 5.74) is 3.34. The van der Waals surface area contributed by atoms with Crippen molar-refractivity contribution < 1.29 is 4.74 Å². The fraction of sp³-hybridized carbons (Fsp3) is 0.375. The molecule has 0 saturated carbocycles. The second-order valence-corrected chi connectivity index (χ2v) is 5.03. The average Bonchev–Trinajstić information content (AvgIpc) is 2.53. The van der Waals surface area contributed by atoms with Gasteiger partial charge in [0.2, 0.25) is 0 Å². The molecule has 1 unspecified atom stereocenters. The van der Waals surface area contributed by atoms with Crippen LogP contribution in [0.4, 0.5) is 0 Å². The highest BCUT2D eigenvalue weighted by molar-refractivity contribution is 5.64. The van der Waals surface area contributed by atoms with Gasteiger partial charge in [-0.2, -0.15) is 0 Å². The molecule has 4 nitrogen and oxygen atoms in total. The molecule has 0 saturated heterocycles. The van der Waals surface area contributed by atoms with Crippen LogP contribution < -0.4 is 10.1 Å². The van der Waals surface area contributed by atoms with Crippen molar-refractivity contribution in [3.05, 3.63) is 41.7 Å². The lowest BCUT2D eigenvalue weighted by Gasteiger charge is -2.24. The molecule has 104 valence electrons. The number of hydrogen-bond acceptors (Lipinski definition) is 4. The molecule has 1 N–H and O–H groups in total. The molecule has 0 bridgehead atoms. The van der Waals surface area contributed by atoms with Crippen molar-refractivity contribution in [2.75, 3.05) is 14.2 Å². The van der Waals surface area contributed by atoms with Crippen molar-refractivity contribution in [1.29, 1.82) is 0 Å². The van der Waals surface area contributed by atoms with Gasteiger partial charge in [0.1, 0.15) is 5.75 Å². The van der Waals surface area contributed by atoms with Gasteiger partial charge in [0.15, 0.2) is 5.82 Å². The maximum Gasteiger partial charge on any atom is 0.163 e. The molecular formula is C16H19N3O. The number of para-hydroxylation sites is 1. The van der Waals surface area contributed by atoms with Crippen LogP contribution in [0.25, 0.3) is 11.4 Å².